The fourth-order valence-electron chi connectivity index (χ4n) is 5.40. The van der Waals surface area contributed by atoms with Crippen molar-refractivity contribution < 1.29 is 19.5 Å². The number of hydrogen-bond donors (Lipinski definition) is 2. The molecule has 0 unspecified atom stereocenters. The SMILES string of the molecule is CC1=CC[C@@H]2C[C@@H]1[C@@H](c1ccc(OC[C@H](O)C[NH+]3CCCCC3)cc1)OC2(C)C. The van der Waals surface area contributed by atoms with Gasteiger partial charge in [0, 0.05) is 5.92 Å². The van der Waals surface area contributed by atoms with Gasteiger partial charge in [0.1, 0.15) is 25.0 Å². The molecule has 2 N–H and O–H groups in total. The maximum Gasteiger partial charge on any atom is 0.137 e. The summed E-state index contributed by atoms with van der Waals surface area (Å²) in [6.45, 7) is 10.2. The number of aliphatic hydroxyl groups is 1. The molecule has 2 aliphatic heterocycles. The van der Waals surface area contributed by atoms with Gasteiger partial charge in [-0.15, -0.1) is 0 Å². The van der Waals surface area contributed by atoms with Gasteiger partial charge >= 0.3 is 0 Å². The van der Waals surface area contributed by atoms with Gasteiger partial charge in [0.15, 0.2) is 0 Å². The lowest BCUT2D eigenvalue weighted by molar-refractivity contribution is -0.908. The number of fused-ring (bicyclic) bond motifs is 2. The third-order valence-electron chi connectivity index (χ3n) is 7.36. The van der Waals surface area contributed by atoms with E-state index in [1.54, 1.807) is 0 Å². The summed E-state index contributed by atoms with van der Waals surface area (Å²) in [5.41, 5.74) is 2.60. The third kappa shape index (κ3) is 4.87. The van der Waals surface area contributed by atoms with Crippen molar-refractivity contribution >= 4 is 0 Å². The first-order chi connectivity index (χ1) is 13.9. The Morgan fingerprint density at radius 1 is 1.17 bits per heavy atom. The van der Waals surface area contributed by atoms with Gasteiger partial charge < -0.3 is 19.5 Å². The van der Waals surface area contributed by atoms with E-state index in [-0.39, 0.29) is 11.7 Å². The standard InChI is InChI=1S/C25H37NO3/c1-18-7-10-20-15-23(18)24(29-25(20,2)3)19-8-11-22(12-9-19)28-17-21(27)16-26-13-5-4-6-14-26/h7-9,11-12,20-21,23-24,27H,4-6,10,13-17H2,1-3H3/p+1/t20-,21-,23+,24-/m1/s1. The molecule has 160 valence electrons. The van der Waals surface area contributed by atoms with Gasteiger partial charge in [-0.1, -0.05) is 23.8 Å². The first-order valence-corrected chi connectivity index (χ1v) is 11.5. The Hall–Kier alpha value is -1.36. The fraction of sp³-hybridized carbons (Fsp3) is 0.680. The average Bonchev–Trinajstić information content (AvgIpc) is 2.72. The Kier molecular flexibility index (Phi) is 6.33. The van der Waals surface area contributed by atoms with E-state index in [0.29, 0.717) is 18.4 Å². The predicted molar refractivity (Wildman–Crippen MR) is 115 cm³/mol. The lowest BCUT2D eigenvalue weighted by Crippen LogP contribution is -3.14. The van der Waals surface area contributed by atoms with E-state index in [0.717, 1.165) is 18.7 Å². The Morgan fingerprint density at radius 2 is 1.90 bits per heavy atom. The second-order valence-electron chi connectivity index (χ2n) is 9.91. The molecule has 0 radical (unpaired) electrons. The van der Waals surface area contributed by atoms with Crippen LogP contribution in [0.4, 0.5) is 0 Å². The van der Waals surface area contributed by atoms with E-state index in [9.17, 15) is 5.11 Å². The molecule has 0 aromatic heterocycles. The maximum absolute atomic E-state index is 10.3. The summed E-state index contributed by atoms with van der Waals surface area (Å²) in [5, 5.41) is 10.3. The number of rotatable bonds is 6. The normalized spacial score (nSPS) is 30.5. The molecule has 4 heteroatoms. The minimum atomic E-state index is -0.405. The summed E-state index contributed by atoms with van der Waals surface area (Å²) in [5.74, 6) is 1.91. The Morgan fingerprint density at radius 3 is 2.62 bits per heavy atom. The van der Waals surface area contributed by atoms with Crippen LogP contribution in [0.25, 0.3) is 0 Å². The summed E-state index contributed by atoms with van der Waals surface area (Å²) in [6, 6.07) is 8.33. The molecule has 2 heterocycles. The average molecular weight is 401 g/mol. The second-order valence-corrected chi connectivity index (χ2v) is 9.91. The van der Waals surface area contributed by atoms with Crippen molar-refractivity contribution in [1.82, 2.24) is 0 Å². The van der Waals surface area contributed by atoms with Crippen LogP contribution >= 0.6 is 0 Å². The molecule has 1 aliphatic carbocycles. The summed E-state index contributed by atoms with van der Waals surface area (Å²) in [4.78, 5) is 1.51. The van der Waals surface area contributed by atoms with Gasteiger partial charge in [0.05, 0.1) is 24.8 Å². The lowest BCUT2D eigenvalue weighted by atomic mass is 9.69. The van der Waals surface area contributed by atoms with Crippen molar-refractivity contribution in [3.05, 3.63) is 41.5 Å². The van der Waals surface area contributed by atoms with Crippen LogP contribution in [-0.2, 0) is 4.74 Å². The highest BCUT2D eigenvalue weighted by Crippen LogP contribution is 2.50. The Bertz CT molecular complexity index is 705. The van der Waals surface area contributed by atoms with Crippen LogP contribution in [0.1, 0.15) is 64.5 Å². The molecule has 29 heavy (non-hydrogen) atoms. The van der Waals surface area contributed by atoms with Gasteiger partial charge in [-0.05, 0) is 76.5 Å². The van der Waals surface area contributed by atoms with Gasteiger partial charge in [-0.3, -0.25) is 0 Å². The number of likely N-dealkylation sites (tertiary alicyclic amines) is 1. The summed E-state index contributed by atoms with van der Waals surface area (Å²) in [7, 11) is 0. The zero-order valence-corrected chi connectivity index (χ0v) is 18.3. The van der Waals surface area contributed by atoms with Crippen molar-refractivity contribution in [3.8, 4) is 5.75 Å². The molecule has 4 atom stereocenters. The zero-order valence-electron chi connectivity index (χ0n) is 18.3. The summed E-state index contributed by atoms with van der Waals surface area (Å²) in [6.07, 6.45) is 8.36. The zero-order chi connectivity index (χ0) is 20.4. The van der Waals surface area contributed by atoms with Crippen LogP contribution in [-0.4, -0.2) is 43.1 Å². The summed E-state index contributed by atoms with van der Waals surface area (Å²) >= 11 is 0. The van der Waals surface area contributed by atoms with E-state index in [2.05, 4.69) is 39.0 Å². The van der Waals surface area contributed by atoms with Crippen LogP contribution in [0.15, 0.2) is 35.9 Å². The molecule has 1 aromatic rings. The van der Waals surface area contributed by atoms with E-state index < -0.39 is 6.10 Å². The molecule has 2 saturated heterocycles. The van der Waals surface area contributed by atoms with E-state index in [1.807, 2.05) is 12.1 Å². The quantitative estimate of drug-likeness (QED) is 0.720. The predicted octanol–water partition coefficient (Wildman–Crippen LogP) is 3.32. The van der Waals surface area contributed by atoms with E-state index >= 15 is 0 Å². The van der Waals surface area contributed by atoms with E-state index in [1.165, 1.54) is 54.8 Å². The smallest absolute Gasteiger partial charge is 0.137 e. The van der Waals surface area contributed by atoms with Gasteiger partial charge in [0.25, 0.3) is 0 Å². The van der Waals surface area contributed by atoms with Crippen molar-refractivity contribution in [2.24, 2.45) is 11.8 Å². The molecule has 1 aromatic carbocycles. The Balaban J connectivity index is 1.35. The number of piperidine rings is 1. The monoisotopic (exact) mass is 400 g/mol. The number of hydrogen-bond acceptors (Lipinski definition) is 3. The maximum atomic E-state index is 10.3. The number of quaternary nitrogens is 1. The van der Waals surface area contributed by atoms with Gasteiger partial charge in [-0.2, -0.15) is 0 Å². The van der Waals surface area contributed by atoms with Crippen LogP contribution in [0, 0.1) is 11.8 Å². The van der Waals surface area contributed by atoms with Gasteiger partial charge in [0.2, 0.25) is 0 Å². The molecule has 2 bridgehead atoms. The molecule has 3 aliphatic rings. The topological polar surface area (TPSA) is 43.1 Å². The summed E-state index contributed by atoms with van der Waals surface area (Å²) < 4.78 is 12.5. The first-order valence-electron chi connectivity index (χ1n) is 11.5. The second kappa shape index (κ2) is 8.79. The number of ether oxygens (including phenoxy) is 2. The highest BCUT2D eigenvalue weighted by Gasteiger charge is 2.45. The van der Waals surface area contributed by atoms with Crippen LogP contribution in [0.3, 0.4) is 0 Å². The highest BCUT2D eigenvalue weighted by atomic mass is 16.5. The molecule has 0 amide bonds. The molecule has 0 saturated carbocycles. The fourth-order valence-corrected chi connectivity index (χ4v) is 5.40. The van der Waals surface area contributed by atoms with Crippen molar-refractivity contribution in [1.29, 1.82) is 0 Å². The minimum absolute atomic E-state index is 0.0889. The minimum Gasteiger partial charge on any atom is -0.491 e. The van der Waals surface area contributed by atoms with Crippen LogP contribution < -0.4 is 9.64 Å². The van der Waals surface area contributed by atoms with Crippen LogP contribution in [0.5, 0.6) is 5.75 Å². The van der Waals surface area contributed by atoms with Gasteiger partial charge in [-0.25, -0.2) is 0 Å². The Labute approximate surface area is 175 Å². The number of nitrogens with one attached hydrogen (secondary N) is 1. The highest BCUT2D eigenvalue weighted by molar-refractivity contribution is 5.31. The molecular formula is C25H38NO3+. The lowest BCUT2D eigenvalue weighted by Gasteiger charge is -2.49. The number of benzene rings is 1. The van der Waals surface area contributed by atoms with Crippen molar-refractivity contribution in [2.75, 3.05) is 26.2 Å². The molecule has 0 spiro atoms. The molecule has 2 fully saturated rings. The van der Waals surface area contributed by atoms with E-state index in [4.69, 9.17) is 9.47 Å². The number of aliphatic hydroxyl groups excluding tert-OH is 1. The number of allylic oxidation sites excluding steroid dienone is 1. The molecule has 4 rings (SSSR count). The third-order valence-corrected chi connectivity index (χ3v) is 7.36. The molecular weight excluding hydrogens is 362 g/mol. The molecule has 4 nitrogen and oxygen atoms in total. The largest absolute Gasteiger partial charge is 0.491 e. The van der Waals surface area contributed by atoms with Crippen molar-refractivity contribution in [3.63, 3.8) is 0 Å². The van der Waals surface area contributed by atoms with Crippen molar-refractivity contribution in [2.45, 2.75) is 70.7 Å². The van der Waals surface area contributed by atoms with Crippen LogP contribution in [0.2, 0.25) is 0 Å². The first kappa shape index (κ1) is 20.9.